The number of aryl methyl sites for hydroxylation is 1. The van der Waals surface area contributed by atoms with Crippen LogP contribution in [0, 0.1) is 6.92 Å². The molecule has 0 aromatic heterocycles. The highest BCUT2D eigenvalue weighted by Gasteiger charge is 2.30. The van der Waals surface area contributed by atoms with Gasteiger partial charge >= 0.3 is 5.97 Å². The van der Waals surface area contributed by atoms with Gasteiger partial charge in [0.1, 0.15) is 0 Å². The molecule has 7 nitrogen and oxygen atoms in total. The van der Waals surface area contributed by atoms with Crippen molar-refractivity contribution < 1.29 is 23.9 Å². The molecule has 2 aromatic rings. The van der Waals surface area contributed by atoms with E-state index in [1.165, 1.54) is 0 Å². The summed E-state index contributed by atoms with van der Waals surface area (Å²) in [6.07, 6.45) is -0.0482. The van der Waals surface area contributed by atoms with Gasteiger partial charge in [0.15, 0.2) is 6.61 Å². The van der Waals surface area contributed by atoms with Crippen molar-refractivity contribution in [2.45, 2.75) is 19.8 Å². The number of fused-ring (bicyclic) bond motifs is 1. The fourth-order valence-corrected chi connectivity index (χ4v) is 2.88. The zero-order valence-corrected chi connectivity index (χ0v) is 15.4. The SMILES string of the molecule is Cc1ccc(NC(=O)COC(=O)CCN2C(=O)Cc3ccccc3C2=O)cc1. The Balaban J connectivity index is 1.46. The van der Waals surface area contributed by atoms with Crippen molar-refractivity contribution >= 4 is 29.4 Å². The molecule has 144 valence electrons. The molecule has 2 aromatic carbocycles. The van der Waals surface area contributed by atoms with E-state index in [4.69, 9.17) is 4.74 Å². The van der Waals surface area contributed by atoms with Crippen molar-refractivity contribution in [3.05, 3.63) is 65.2 Å². The summed E-state index contributed by atoms with van der Waals surface area (Å²) in [7, 11) is 0. The Bertz CT molecular complexity index is 921. The molecule has 3 amide bonds. The first kappa shape index (κ1) is 19.3. The second kappa shape index (κ2) is 8.47. The third-order valence-electron chi connectivity index (χ3n) is 4.37. The van der Waals surface area contributed by atoms with Gasteiger partial charge in [-0.2, -0.15) is 0 Å². The first-order valence-electron chi connectivity index (χ1n) is 8.89. The van der Waals surface area contributed by atoms with Gasteiger partial charge in [0, 0.05) is 17.8 Å². The van der Waals surface area contributed by atoms with Gasteiger partial charge in [0.05, 0.1) is 12.8 Å². The minimum atomic E-state index is -0.654. The van der Waals surface area contributed by atoms with E-state index in [0.717, 1.165) is 10.5 Å². The van der Waals surface area contributed by atoms with E-state index >= 15 is 0 Å². The lowest BCUT2D eigenvalue weighted by molar-refractivity contribution is -0.147. The van der Waals surface area contributed by atoms with Crippen LogP contribution in [0.5, 0.6) is 0 Å². The van der Waals surface area contributed by atoms with Crippen LogP contribution in [0.25, 0.3) is 0 Å². The van der Waals surface area contributed by atoms with Crippen molar-refractivity contribution in [2.75, 3.05) is 18.5 Å². The lowest BCUT2D eigenvalue weighted by atomic mass is 9.98. The molecule has 0 radical (unpaired) electrons. The number of nitrogens with one attached hydrogen (secondary N) is 1. The van der Waals surface area contributed by atoms with Crippen LogP contribution in [0.1, 0.15) is 27.9 Å². The molecule has 1 aliphatic heterocycles. The first-order valence-corrected chi connectivity index (χ1v) is 8.89. The predicted molar refractivity (Wildman–Crippen MR) is 102 cm³/mol. The summed E-state index contributed by atoms with van der Waals surface area (Å²) in [5.41, 5.74) is 2.82. The molecule has 0 saturated carbocycles. The fourth-order valence-electron chi connectivity index (χ4n) is 2.88. The highest BCUT2D eigenvalue weighted by atomic mass is 16.5. The predicted octanol–water partition coefficient (Wildman–Crippen LogP) is 2.09. The number of rotatable bonds is 6. The Morgan fingerprint density at radius 3 is 2.54 bits per heavy atom. The average molecular weight is 380 g/mol. The Labute approximate surface area is 162 Å². The number of carbonyl (C=O) groups is 4. The van der Waals surface area contributed by atoms with Crippen LogP contribution < -0.4 is 5.32 Å². The molecule has 0 fully saturated rings. The molecule has 1 heterocycles. The molecule has 0 aliphatic carbocycles. The van der Waals surface area contributed by atoms with Gasteiger partial charge in [0.25, 0.3) is 11.8 Å². The summed E-state index contributed by atoms with van der Waals surface area (Å²) in [5, 5.41) is 2.62. The topological polar surface area (TPSA) is 92.8 Å². The summed E-state index contributed by atoms with van der Waals surface area (Å²) < 4.78 is 4.93. The van der Waals surface area contributed by atoms with Gasteiger partial charge in [-0.15, -0.1) is 0 Å². The quantitative estimate of drug-likeness (QED) is 0.612. The van der Waals surface area contributed by atoms with Crippen molar-refractivity contribution in [1.82, 2.24) is 4.90 Å². The smallest absolute Gasteiger partial charge is 0.308 e. The van der Waals surface area contributed by atoms with Gasteiger partial charge in [-0.25, -0.2) is 0 Å². The maximum absolute atomic E-state index is 12.4. The van der Waals surface area contributed by atoms with E-state index < -0.39 is 24.4 Å². The number of anilines is 1. The number of ether oxygens (including phenoxy) is 1. The standard InChI is InChI=1S/C21H20N2O5/c1-14-6-8-16(9-7-14)22-18(24)13-28-20(26)10-11-23-19(25)12-15-4-2-3-5-17(15)21(23)27/h2-9H,10-13H2,1H3,(H,22,24). The number of nitrogens with zero attached hydrogens (tertiary/aromatic N) is 1. The molecule has 0 saturated heterocycles. The highest BCUT2D eigenvalue weighted by Crippen LogP contribution is 2.19. The van der Waals surface area contributed by atoms with E-state index in [-0.39, 0.29) is 25.3 Å². The molecule has 0 spiro atoms. The van der Waals surface area contributed by atoms with Crippen molar-refractivity contribution in [1.29, 1.82) is 0 Å². The molecule has 0 unspecified atom stereocenters. The number of benzene rings is 2. The summed E-state index contributed by atoms with van der Waals surface area (Å²) in [6, 6.07) is 14.1. The maximum atomic E-state index is 12.4. The van der Waals surface area contributed by atoms with E-state index in [9.17, 15) is 19.2 Å². The van der Waals surface area contributed by atoms with Gasteiger partial charge in [-0.1, -0.05) is 35.9 Å². The van der Waals surface area contributed by atoms with E-state index in [0.29, 0.717) is 16.8 Å². The molecular formula is C21H20N2O5. The van der Waals surface area contributed by atoms with E-state index in [2.05, 4.69) is 5.32 Å². The minimum absolute atomic E-state index is 0.0790. The highest BCUT2D eigenvalue weighted by molar-refractivity contribution is 6.09. The number of imide groups is 1. The third-order valence-corrected chi connectivity index (χ3v) is 4.37. The van der Waals surface area contributed by atoms with Crippen LogP contribution in [0.3, 0.4) is 0 Å². The summed E-state index contributed by atoms with van der Waals surface area (Å²) in [5.74, 6) is -1.89. The lowest BCUT2D eigenvalue weighted by Crippen LogP contribution is -2.43. The van der Waals surface area contributed by atoms with Crippen LogP contribution in [0.4, 0.5) is 5.69 Å². The molecule has 0 bridgehead atoms. The molecule has 1 N–H and O–H groups in total. The Hall–Kier alpha value is -3.48. The number of carbonyl (C=O) groups excluding carboxylic acids is 4. The normalized spacial score (nSPS) is 13.1. The van der Waals surface area contributed by atoms with E-state index in [1.807, 2.05) is 19.1 Å². The van der Waals surface area contributed by atoms with Gasteiger partial charge in [0.2, 0.25) is 5.91 Å². The molecule has 0 atom stereocenters. The zero-order valence-electron chi connectivity index (χ0n) is 15.4. The van der Waals surface area contributed by atoms with Crippen LogP contribution >= 0.6 is 0 Å². The molecule has 3 rings (SSSR count). The summed E-state index contributed by atoms with van der Waals surface area (Å²) >= 11 is 0. The largest absolute Gasteiger partial charge is 0.456 e. The molecule has 28 heavy (non-hydrogen) atoms. The lowest BCUT2D eigenvalue weighted by Gasteiger charge is -2.26. The van der Waals surface area contributed by atoms with E-state index in [1.54, 1.807) is 36.4 Å². The monoisotopic (exact) mass is 380 g/mol. The molecule has 1 aliphatic rings. The molecular weight excluding hydrogens is 360 g/mol. The van der Waals surface area contributed by atoms with Crippen molar-refractivity contribution in [3.8, 4) is 0 Å². The Morgan fingerprint density at radius 1 is 1.07 bits per heavy atom. The van der Waals surface area contributed by atoms with Crippen LogP contribution in [-0.4, -0.2) is 41.7 Å². The van der Waals surface area contributed by atoms with Gasteiger partial charge in [-0.05, 0) is 30.7 Å². The minimum Gasteiger partial charge on any atom is -0.456 e. The van der Waals surface area contributed by atoms with Crippen molar-refractivity contribution in [3.63, 3.8) is 0 Å². The van der Waals surface area contributed by atoms with Crippen LogP contribution in [-0.2, 0) is 25.5 Å². The van der Waals surface area contributed by atoms with Gasteiger partial charge < -0.3 is 10.1 Å². The second-order valence-electron chi connectivity index (χ2n) is 6.51. The Morgan fingerprint density at radius 2 is 1.79 bits per heavy atom. The third kappa shape index (κ3) is 4.62. The number of amides is 3. The number of esters is 1. The van der Waals surface area contributed by atoms with Crippen LogP contribution in [0.2, 0.25) is 0 Å². The number of hydrogen-bond donors (Lipinski definition) is 1. The fraction of sp³-hybridized carbons (Fsp3) is 0.238. The van der Waals surface area contributed by atoms with Crippen molar-refractivity contribution in [2.24, 2.45) is 0 Å². The second-order valence-corrected chi connectivity index (χ2v) is 6.51. The maximum Gasteiger partial charge on any atom is 0.308 e. The van der Waals surface area contributed by atoms with Crippen LogP contribution in [0.15, 0.2) is 48.5 Å². The Kier molecular flexibility index (Phi) is 5.84. The number of hydrogen-bond acceptors (Lipinski definition) is 5. The summed E-state index contributed by atoms with van der Waals surface area (Å²) in [6.45, 7) is 1.42. The average Bonchev–Trinajstić information content (AvgIpc) is 2.68. The first-order chi connectivity index (χ1) is 13.4. The molecule has 7 heteroatoms. The van der Waals surface area contributed by atoms with Gasteiger partial charge in [-0.3, -0.25) is 24.1 Å². The summed E-state index contributed by atoms with van der Waals surface area (Å²) in [4.78, 5) is 49.4. The zero-order chi connectivity index (χ0) is 20.1.